The fourth-order valence-electron chi connectivity index (χ4n) is 3.54. The van der Waals surface area contributed by atoms with E-state index in [4.69, 9.17) is 9.47 Å². The number of amides is 1. The summed E-state index contributed by atoms with van der Waals surface area (Å²) >= 11 is 0. The Morgan fingerprint density at radius 1 is 1.15 bits per heavy atom. The molecular weight excluding hydrogens is 330 g/mol. The Labute approximate surface area is 152 Å². The highest BCUT2D eigenvalue weighted by Gasteiger charge is 2.20. The van der Waals surface area contributed by atoms with Crippen LogP contribution in [0.1, 0.15) is 34.3 Å². The number of hydrogen-bond donors (Lipinski definition) is 2. The van der Waals surface area contributed by atoms with Crippen molar-refractivity contribution in [1.82, 2.24) is 0 Å². The Hall–Kier alpha value is -2.37. The smallest absolute Gasteiger partial charge is 0.255 e. The number of aliphatic hydroxyl groups is 1. The van der Waals surface area contributed by atoms with Gasteiger partial charge in [-0.15, -0.1) is 0 Å². The molecule has 0 saturated carbocycles. The minimum atomic E-state index is -0.307. The van der Waals surface area contributed by atoms with Gasteiger partial charge < -0.3 is 19.9 Å². The van der Waals surface area contributed by atoms with E-state index in [0.717, 1.165) is 42.0 Å². The summed E-state index contributed by atoms with van der Waals surface area (Å²) in [6.07, 6.45) is 3.34. The van der Waals surface area contributed by atoms with Crippen LogP contribution in [0.4, 0.5) is 5.69 Å². The molecule has 1 amide bonds. The molecule has 1 aliphatic carbocycles. The van der Waals surface area contributed by atoms with Gasteiger partial charge in [0.1, 0.15) is 12.4 Å². The molecule has 5 nitrogen and oxygen atoms in total. The van der Waals surface area contributed by atoms with Crippen LogP contribution in [0.2, 0.25) is 0 Å². The summed E-state index contributed by atoms with van der Waals surface area (Å²) in [5.41, 5.74) is 3.59. The topological polar surface area (TPSA) is 67.8 Å². The highest BCUT2D eigenvalue weighted by Crippen LogP contribution is 2.25. The predicted molar refractivity (Wildman–Crippen MR) is 98.7 cm³/mol. The summed E-state index contributed by atoms with van der Waals surface area (Å²) in [7, 11) is 0. The number of aliphatic hydroxyl groups excluding tert-OH is 1. The summed E-state index contributed by atoms with van der Waals surface area (Å²) in [5, 5.41) is 12.7. The Morgan fingerprint density at radius 3 is 2.73 bits per heavy atom. The maximum absolute atomic E-state index is 12.4. The molecule has 2 aliphatic rings. The number of anilines is 1. The Balaban J connectivity index is 1.35. The molecule has 1 saturated heterocycles. The summed E-state index contributed by atoms with van der Waals surface area (Å²) in [4.78, 5) is 12.4. The van der Waals surface area contributed by atoms with Crippen LogP contribution in [-0.2, 0) is 17.6 Å². The molecule has 2 aromatic carbocycles. The normalized spacial score (nSPS) is 21.4. The fraction of sp³-hybridized carbons (Fsp3) is 0.381. The molecule has 1 fully saturated rings. The molecule has 0 radical (unpaired) electrons. The van der Waals surface area contributed by atoms with Crippen LogP contribution in [-0.4, -0.2) is 36.4 Å². The Morgan fingerprint density at radius 2 is 1.96 bits per heavy atom. The van der Waals surface area contributed by atoms with Gasteiger partial charge >= 0.3 is 0 Å². The molecule has 1 aliphatic heterocycles. The molecule has 0 aromatic heterocycles. The number of rotatable bonds is 5. The van der Waals surface area contributed by atoms with Crippen LogP contribution < -0.4 is 10.1 Å². The lowest BCUT2D eigenvalue weighted by Crippen LogP contribution is -2.16. The van der Waals surface area contributed by atoms with Crippen LogP contribution in [0.15, 0.2) is 42.5 Å². The van der Waals surface area contributed by atoms with Gasteiger partial charge in [0, 0.05) is 17.9 Å². The van der Waals surface area contributed by atoms with E-state index in [-0.39, 0.29) is 18.1 Å². The minimum Gasteiger partial charge on any atom is -0.491 e. The van der Waals surface area contributed by atoms with Gasteiger partial charge in [0.15, 0.2) is 0 Å². The monoisotopic (exact) mass is 353 g/mol. The maximum atomic E-state index is 12.4. The molecular formula is C21H23NO4. The maximum Gasteiger partial charge on any atom is 0.255 e. The molecule has 136 valence electrons. The summed E-state index contributed by atoms with van der Waals surface area (Å²) in [6.45, 7) is 1.36. The molecule has 4 rings (SSSR count). The first-order valence-corrected chi connectivity index (χ1v) is 9.13. The third kappa shape index (κ3) is 3.89. The molecule has 0 unspecified atom stereocenters. The number of benzene rings is 2. The molecule has 5 heteroatoms. The van der Waals surface area contributed by atoms with Crippen LogP contribution >= 0.6 is 0 Å². The number of nitrogens with one attached hydrogen (secondary N) is 1. The highest BCUT2D eigenvalue weighted by molar-refractivity contribution is 6.04. The number of carbonyl (C=O) groups is 1. The van der Waals surface area contributed by atoms with Crippen molar-refractivity contribution in [2.24, 2.45) is 0 Å². The van der Waals surface area contributed by atoms with E-state index in [0.29, 0.717) is 25.0 Å². The fourth-order valence-corrected chi connectivity index (χ4v) is 3.54. The number of hydrogen-bond acceptors (Lipinski definition) is 4. The molecule has 26 heavy (non-hydrogen) atoms. The van der Waals surface area contributed by atoms with Gasteiger partial charge in [-0.1, -0.05) is 6.07 Å². The molecule has 2 atom stereocenters. The number of fused-ring (bicyclic) bond motifs is 1. The standard InChI is InChI=1S/C21H23NO4/c23-18-11-15-3-6-17(10-16(15)12-18)22-21(24)14-4-7-19(8-5-14)26-13-20-2-1-9-25-20/h3-8,10,18,20,23H,1-2,9,11-13H2,(H,22,24)/t18-,20+/m0/s1. The van der Waals surface area contributed by atoms with Gasteiger partial charge in [0.25, 0.3) is 5.91 Å². The molecule has 0 spiro atoms. The van der Waals surface area contributed by atoms with Crippen molar-refractivity contribution in [2.45, 2.75) is 37.9 Å². The van der Waals surface area contributed by atoms with E-state index in [2.05, 4.69) is 5.32 Å². The summed E-state index contributed by atoms with van der Waals surface area (Å²) in [5.74, 6) is 0.581. The second kappa shape index (κ2) is 7.48. The predicted octanol–water partition coefficient (Wildman–Crippen LogP) is 2.96. The lowest BCUT2D eigenvalue weighted by atomic mass is 10.1. The van der Waals surface area contributed by atoms with Gasteiger partial charge in [-0.3, -0.25) is 4.79 Å². The zero-order valence-electron chi connectivity index (χ0n) is 14.6. The van der Waals surface area contributed by atoms with Crippen molar-refractivity contribution < 1.29 is 19.4 Å². The van der Waals surface area contributed by atoms with Gasteiger partial charge in [-0.05, 0) is 73.2 Å². The van der Waals surface area contributed by atoms with Crippen LogP contribution in [0.3, 0.4) is 0 Å². The minimum absolute atomic E-state index is 0.158. The van der Waals surface area contributed by atoms with Crippen molar-refractivity contribution in [2.75, 3.05) is 18.5 Å². The first-order valence-electron chi connectivity index (χ1n) is 9.13. The van der Waals surface area contributed by atoms with Crippen molar-refractivity contribution >= 4 is 11.6 Å². The molecule has 0 bridgehead atoms. The van der Waals surface area contributed by atoms with Crippen molar-refractivity contribution in [1.29, 1.82) is 0 Å². The van der Waals surface area contributed by atoms with E-state index in [9.17, 15) is 9.90 Å². The second-order valence-corrected chi connectivity index (χ2v) is 6.97. The van der Waals surface area contributed by atoms with Crippen molar-refractivity contribution in [3.8, 4) is 5.75 Å². The quantitative estimate of drug-likeness (QED) is 0.867. The third-order valence-corrected chi connectivity index (χ3v) is 4.95. The van der Waals surface area contributed by atoms with Gasteiger partial charge in [-0.25, -0.2) is 0 Å². The molecule has 2 aromatic rings. The number of ether oxygens (including phenoxy) is 2. The van der Waals surface area contributed by atoms with Gasteiger partial charge in [0.2, 0.25) is 0 Å². The average molecular weight is 353 g/mol. The van der Waals surface area contributed by atoms with E-state index < -0.39 is 0 Å². The van der Waals surface area contributed by atoms with Crippen LogP contribution in [0.25, 0.3) is 0 Å². The highest BCUT2D eigenvalue weighted by atomic mass is 16.5. The van der Waals surface area contributed by atoms with E-state index in [1.807, 2.05) is 30.3 Å². The van der Waals surface area contributed by atoms with Crippen LogP contribution in [0, 0.1) is 0 Å². The molecule has 2 N–H and O–H groups in total. The molecule has 1 heterocycles. The Kier molecular flexibility index (Phi) is 4.91. The van der Waals surface area contributed by atoms with E-state index in [1.165, 1.54) is 0 Å². The average Bonchev–Trinajstić information content (AvgIpc) is 3.28. The Bertz CT molecular complexity index is 781. The van der Waals surface area contributed by atoms with Crippen molar-refractivity contribution in [3.05, 3.63) is 59.2 Å². The van der Waals surface area contributed by atoms with E-state index in [1.54, 1.807) is 12.1 Å². The summed E-state index contributed by atoms with van der Waals surface area (Å²) < 4.78 is 11.3. The van der Waals surface area contributed by atoms with E-state index >= 15 is 0 Å². The first kappa shape index (κ1) is 17.1. The van der Waals surface area contributed by atoms with Gasteiger partial charge in [-0.2, -0.15) is 0 Å². The van der Waals surface area contributed by atoms with Crippen LogP contribution in [0.5, 0.6) is 5.75 Å². The zero-order valence-corrected chi connectivity index (χ0v) is 14.6. The largest absolute Gasteiger partial charge is 0.491 e. The lowest BCUT2D eigenvalue weighted by Gasteiger charge is -2.12. The first-order chi connectivity index (χ1) is 12.7. The SMILES string of the molecule is O=C(Nc1ccc2c(c1)C[C@@H](O)C2)c1ccc(OC[C@H]2CCCO2)cc1. The summed E-state index contributed by atoms with van der Waals surface area (Å²) in [6, 6.07) is 12.9. The van der Waals surface area contributed by atoms with Gasteiger partial charge in [0.05, 0.1) is 12.2 Å². The lowest BCUT2D eigenvalue weighted by molar-refractivity contribution is 0.0679. The van der Waals surface area contributed by atoms with Crippen molar-refractivity contribution in [3.63, 3.8) is 0 Å². The zero-order chi connectivity index (χ0) is 17.9. The third-order valence-electron chi connectivity index (χ3n) is 4.95. The number of carbonyl (C=O) groups excluding carboxylic acids is 1. The second-order valence-electron chi connectivity index (χ2n) is 6.97.